The molecule has 4 aromatic rings. The van der Waals surface area contributed by atoms with Crippen LogP contribution in [0.1, 0.15) is 32.7 Å². The monoisotopic (exact) mass is 549 g/mol. The average molecular weight is 550 g/mol. The summed E-state index contributed by atoms with van der Waals surface area (Å²) in [5.74, 6) is 5.71. The van der Waals surface area contributed by atoms with Crippen LogP contribution in [0.2, 0.25) is 0 Å². The maximum Gasteiger partial charge on any atom is 0.416 e. The number of carbonyl (C=O) groups is 1. The molecule has 206 valence electrons. The Morgan fingerprint density at radius 3 is 2.65 bits per heavy atom. The summed E-state index contributed by atoms with van der Waals surface area (Å²) in [4.78, 5) is 25.5. The predicted molar refractivity (Wildman–Crippen MR) is 143 cm³/mol. The number of fused-ring (bicyclic) bond motifs is 1. The van der Waals surface area contributed by atoms with Crippen LogP contribution in [0, 0.1) is 11.8 Å². The zero-order chi connectivity index (χ0) is 28.3. The third kappa shape index (κ3) is 6.22. The van der Waals surface area contributed by atoms with Gasteiger partial charge in [-0.15, -0.1) is 5.10 Å². The minimum Gasteiger partial charge on any atom is -0.478 e. The van der Waals surface area contributed by atoms with Crippen LogP contribution in [0.4, 0.5) is 19.0 Å². The fraction of sp³-hybridized carbons (Fsp3) is 0.286. The van der Waals surface area contributed by atoms with E-state index in [2.05, 4.69) is 42.2 Å². The molecule has 1 aliphatic heterocycles. The summed E-state index contributed by atoms with van der Waals surface area (Å²) < 4.78 is 46.9. The van der Waals surface area contributed by atoms with E-state index in [1.807, 2.05) is 11.9 Å². The Labute approximate surface area is 228 Å². The molecule has 0 spiro atoms. The number of halogens is 3. The van der Waals surface area contributed by atoms with E-state index in [0.29, 0.717) is 41.3 Å². The topological polar surface area (TPSA) is 99.3 Å². The minimum absolute atomic E-state index is 0.112. The Morgan fingerprint density at radius 1 is 1.10 bits per heavy atom. The molecule has 0 radical (unpaired) electrons. The van der Waals surface area contributed by atoms with E-state index in [1.165, 1.54) is 31.5 Å². The third-order valence-electron chi connectivity index (χ3n) is 6.57. The van der Waals surface area contributed by atoms with Gasteiger partial charge in [-0.1, -0.05) is 12.0 Å². The summed E-state index contributed by atoms with van der Waals surface area (Å²) in [6.45, 7) is 3.13. The molecule has 1 aliphatic rings. The maximum absolute atomic E-state index is 13.9. The molecule has 0 saturated carbocycles. The lowest BCUT2D eigenvalue weighted by molar-refractivity contribution is -0.138. The Bertz CT molecular complexity index is 1600. The van der Waals surface area contributed by atoms with Crippen molar-refractivity contribution in [2.45, 2.75) is 12.7 Å². The summed E-state index contributed by atoms with van der Waals surface area (Å²) >= 11 is 0. The van der Waals surface area contributed by atoms with E-state index >= 15 is 0 Å². The number of H-pyrrole nitrogens is 1. The number of nitrogens with one attached hydrogen (secondary N) is 2. The summed E-state index contributed by atoms with van der Waals surface area (Å²) in [6, 6.07) is 10.4. The van der Waals surface area contributed by atoms with E-state index in [9.17, 15) is 18.0 Å². The number of benzene rings is 1. The summed E-state index contributed by atoms with van der Waals surface area (Å²) in [5.41, 5.74) is 1.48. The highest BCUT2D eigenvalue weighted by Gasteiger charge is 2.34. The van der Waals surface area contributed by atoms with E-state index in [1.54, 1.807) is 18.2 Å². The second-order valence-corrected chi connectivity index (χ2v) is 9.41. The van der Waals surface area contributed by atoms with Crippen LogP contribution in [0.15, 0.2) is 48.7 Å². The Morgan fingerprint density at radius 2 is 1.90 bits per heavy atom. The molecule has 4 heterocycles. The van der Waals surface area contributed by atoms with Crippen LogP contribution >= 0.6 is 0 Å². The van der Waals surface area contributed by atoms with Gasteiger partial charge < -0.3 is 15.0 Å². The molecule has 0 unspecified atom stereocenters. The molecular formula is C28H26F3N7O2. The van der Waals surface area contributed by atoms with Gasteiger partial charge in [0.05, 0.1) is 18.2 Å². The standard InChI is InChI=1S/C28H26F3N7O2/c1-37-11-13-38(14-12-37)17-20-5-4-19(16-22(20)28(29,30)31)26(39)34-24-15-18(9-10-32-24)3-6-21-7-8-23-25(33-21)27(40-2)36-35-23/h4-5,7-10,15-16H,11-14,17H2,1-2H3,(H,35,36)(H,32,34,39). The van der Waals surface area contributed by atoms with E-state index in [-0.39, 0.29) is 23.5 Å². The number of hydrogen-bond acceptors (Lipinski definition) is 7. The molecule has 1 fully saturated rings. The van der Waals surface area contributed by atoms with Crippen LogP contribution in [0.25, 0.3) is 11.0 Å². The molecule has 3 aromatic heterocycles. The molecule has 2 N–H and O–H groups in total. The molecule has 0 bridgehead atoms. The number of likely N-dealkylation sites (N-methyl/N-ethyl adjacent to an activating group) is 1. The van der Waals surface area contributed by atoms with Gasteiger partial charge in [0.25, 0.3) is 11.8 Å². The SMILES string of the molecule is COc1n[nH]c2ccc(C#Cc3ccnc(NC(=O)c4ccc(CN5CCN(C)CC5)c(C(F)(F)F)c4)c3)nc12. The van der Waals surface area contributed by atoms with Crippen molar-refractivity contribution in [2.75, 3.05) is 45.7 Å². The number of anilines is 1. The number of rotatable bonds is 5. The highest BCUT2D eigenvalue weighted by atomic mass is 19.4. The molecule has 12 heteroatoms. The van der Waals surface area contributed by atoms with Crippen LogP contribution in [0.5, 0.6) is 5.88 Å². The molecular weight excluding hydrogens is 523 g/mol. The first-order valence-electron chi connectivity index (χ1n) is 12.5. The Kier molecular flexibility index (Phi) is 7.68. The van der Waals surface area contributed by atoms with Crippen molar-refractivity contribution in [3.8, 4) is 17.7 Å². The number of aromatic amines is 1. The van der Waals surface area contributed by atoms with Gasteiger partial charge in [-0.05, 0) is 54.9 Å². The smallest absolute Gasteiger partial charge is 0.416 e. The van der Waals surface area contributed by atoms with Gasteiger partial charge >= 0.3 is 6.18 Å². The number of pyridine rings is 2. The lowest BCUT2D eigenvalue weighted by Crippen LogP contribution is -2.44. The first kappa shape index (κ1) is 27.1. The normalized spacial score (nSPS) is 14.5. The molecule has 9 nitrogen and oxygen atoms in total. The highest BCUT2D eigenvalue weighted by Crippen LogP contribution is 2.33. The van der Waals surface area contributed by atoms with Crippen LogP contribution in [-0.4, -0.2) is 76.2 Å². The number of amides is 1. The second-order valence-electron chi connectivity index (χ2n) is 9.41. The Hall–Kier alpha value is -4.47. The van der Waals surface area contributed by atoms with Crippen LogP contribution in [0.3, 0.4) is 0 Å². The minimum atomic E-state index is -4.59. The number of nitrogens with zero attached hydrogens (tertiary/aromatic N) is 5. The van der Waals surface area contributed by atoms with E-state index < -0.39 is 17.6 Å². The number of ether oxygens (including phenoxy) is 1. The van der Waals surface area contributed by atoms with E-state index in [4.69, 9.17) is 4.74 Å². The van der Waals surface area contributed by atoms with Gasteiger partial charge in [0.15, 0.2) is 5.52 Å². The number of piperazine rings is 1. The molecule has 1 saturated heterocycles. The van der Waals surface area contributed by atoms with Crippen molar-refractivity contribution in [3.63, 3.8) is 0 Å². The van der Waals surface area contributed by atoms with Gasteiger partial charge in [-0.2, -0.15) is 13.2 Å². The molecule has 1 amide bonds. The van der Waals surface area contributed by atoms with E-state index in [0.717, 1.165) is 19.2 Å². The number of aromatic nitrogens is 4. The Balaban J connectivity index is 1.31. The summed E-state index contributed by atoms with van der Waals surface area (Å²) in [7, 11) is 3.48. The van der Waals surface area contributed by atoms with Gasteiger partial charge in [-0.25, -0.2) is 9.97 Å². The first-order valence-corrected chi connectivity index (χ1v) is 12.5. The summed E-state index contributed by atoms with van der Waals surface area (Å²) in [5, 5.41) is 9.40. The molecule has 5 rings (SSSR count). The van der Waals surface area contributed by atoms with Gasteiger partial charge in [0.1, 0.15) is 11.5 Å². The van der Waals surface area contributed by atoms with Crippen molar-refractivity contribution in [2.24, 2.45) is 0 Å². The van der Waals surface area contributed by atoms with Crippen molar-refractivity contribution < 1.29 is 22.7 Å². The number of hydrogen-bond donors (Lipinski definition) is 2. The highest BCUT2D eigenvalue weighted by molar-refractivity contribution is 6.04. The molecule has 0 aliphatic carbocycles. The predicted octanol–water partition coefficient (Wildman–Crippen LogP) is 3.78. The second kappa shape index (κ2) is 11.3. The molecule has 0 atom stereocenters. The number of carbonyl (C=O) groups excluding carboxylic acids is 1. The third-order valence-corrected chi connectivity index (χ3v) is 6.57. The van der Waals surface area contributed by atoms with Crippen molar-refractivity contribution >= 4 is 22.8 Å². The fourth-order valence-electron chi connectivity index (χ4n) is 4.36. The van der Waals surface area contributed by atoms with Crippen molar-refractivity contribution in [1.29, 1.82) is 0 Å². The van der Waals surface area contributed by atoms with Crippen LogP contribution in [-0.2, 0) is 12.7 Å². The molecule has 40 heavy (non-hydrogen) atoms. The average Bonchev–Trinajstić information content (AvgIpc) is 3.35. The summed E-state index contributed by atoms with van der Waals surface area (Å²) in [6.07, 6.45) is -3.14. The fourth-order valence-corrected chi connectivity index (χ4v) is 4.36. The largest absolute Gasteiger partial charge is 0.478 e. The number of alkyl halides is 3. The van der Waals surface area contributed by atoms with Crippen molar-refractivity contribution in [3.05, 3.63) is 76.6 Å². The lowest BCUT2D eigenvalue weighted by atomic mass is 10.0. The van der Waals surface area contributed by atoms with Gasteiger partial charge in [0.2, 0.25) is 0 Å². The zero-order valence-electron chi connectivity index (χ0n) is 21.8. The lowest BCUT2D eigenvalue weighted by Gasteiger charge is -2.33. The zero-order valence-corrected chi connectivity index (χ0v) is 21.8. The van der Waals surface area contributed by atoms with Gasteiger partial charge in [0, 0.05) is 50.0 Å². The molecule has 1 aromatic carbocycles. The first-order chi connectivity index (χ1) is 19.2. The van der Waals surface area contributed by atoms with Crippen molar-refractivity contribution in [1.82, 2.24) is 30.0 Å². The quantitative estimate of drug-likeness (QED) is 0.366. The van der Waals surface area contributed by atoms with Gasteiger partial charge in [-0.3, -0.25) is 14.8 Å². The number of methoxy groups -OCH3 is 1. The van der Waals surface area contributed by atoms with Crippen LogP contribution < -0.4 is 10.1 Å². The maximum atomic E-state index is 13.9.